The van der Waals surface area contributed by atoms with Crippen LogP contribution in [0.25, 0.3) is 0 Å². The number of aliphatic hydroxyl groups excluding tert-OH is 2. The molecule has 0 aliphatic carbocycles. The summed E-state index contributed by atoms with van der Waals surface area (Å²) in [7, 11) is 0.309. The van der Waals surface area contributed by atoms with Gasteiger partial charge in [0.25, 0.3) is 0 Å². The van der Waals surface area contributed by atoms with Gasteiger partial charge in [0.05, 0.1) is 34.4 Å². The molecule has 10 heteroatoms. The number of nitrogens with zero attached hydrogens (tertiary/aromatic N) is 1. The van der Waals surface area contributed by atoms with Crippen LogP contribution in [-0.4, -0.2) is 83.8 Å². The molecule has 0 saturated carbocycles. The first-order chi connectivity index (χ1) is 10.8. The molecular weight excluding hydrogens is 341 g/mol. The highest BCUT2D eigenvalue weighted by Crippen LogP contribution is 2.48. The molecule has 0 bridgehead atoms. The number of carbonyl (C=O) groups is 2. The fraction of sp³-hybridized carbons (Fsp3) is 0.857. The zero-order valence-corrected chi connectivity index (χ0v) is 15.8. The summed E-state index contributed by atoms with van der Waals surface area (Å²) >= 11 is 0. The zero-order chi connectivity index (χ0) is 19.2. The summed E-state index contributed by atoms with van der Waals surface area (Å²) in [6, 6.07) is 0. The number of aliphatic hydroxyl groups is 2. The van der Waals surface area contributed by atoms with Crippen LogP contribution in [0, 0.1) is 0 Å². The fourth-order valence-corrected chi connectivity index (χ4v) is 3.23. The molecule has 0 aliphatic heterocycles. The smallest absolute Gasteiger partial charge is 0.394 e. The predicted octanol–water partition coefficient (Wildman–Crippen LogP) is -0.124. The lowest BCUT2D eigenvalue weighted by Gasteiger charge is -2.37. The lowest BCUT2D eigenvalue weighted by atomic mass is 9.89. The van der Waals surface area contributed by atoms with Gasteiger partial charge in [-0.25, -0.2) is 4.57 Å². The van der Waals surface area contributed by atoms with Gasteiger partial charge in [-0.15, -0.1) is 0 Å². The fourth-order valence-electron chi connectivity index (χ4n) is 2.16. The van der Waals surface area contributed by atoms with Gasteiger partial charge >= 0.3 is 7.82 Å². The summed E-state index contributed by atoms with van der Waals surface area (Å²) in [4.78, 5) is 34.8. The summed E-state index contributed by atoms with van der Waals surface area (Å²) in [5.41, 5.74) is -2.11. The van der Waals surface area contributed by atoms with Crippen molar-refractivity contribution >= 4 is 19.4 Å². The van der Waals surface area contributed by atoms with Crippen LogP contribution in [0.2, 0.25) is 0 Å². The van der Waals surface area contributed by atoms with Crippen molar-refractivity contribution < 1.29 is 42.8 Å². The van der Waals surface area contributed by atoms with Gasteiger partial charge in [-0.3, -0.25) is 18.6 Å². The van der Waals surface area contributed by atoms with Crippen LogP contribution >= 0.6 is 7.82 Å². The Kier molecular flexibility index (Phi) is 8.89. The average molecular weight is 370 g/mol. The molecule has 0 aromatic rings. The summed E-state index contributed by atoms with van der Waals surface area (Å²) in [6.45, 7) is 1.55. The van der Waals surface area contributed by atoms with Gasteiger partial charge in [-0.05, 0) is 0 Å². The Hall–Kier alpha value is -0.670. The zero-order valence-electron chi connectivity index (χ0n) is 14.9. The van der Waals surface area contributed by atoms with E-state index in [2.05, 4.69) is 4.52 Å². The minimum Gasteiger partial charge on any atom is -0.394 e. The summed E-state index contributed by atoms with van der Waals surface area (Å²) in [6.07, 6.45) is -1.51. The van der Waals surface area contributed by atoms with Crippen LogP contribution in [0.3, 0.4) is 0 Å². The van der Waals surface area contributed by atoms with Crippen molar-refractivity contribution in [2.75, 3.05) is 40.9 Å². The quantitative estimate of drug-likeness (QED) is 0.246. The van der Waals surface area contributed by atoms with Crippen LogP contribution in [-0.2, 0) is 23.2 Å². The highest BCUT2D eigenvalue weighted by Gasteiger charge is 2.53. The Morgan fingerprint density at radius 1 is 1.17 bits per heavy atom. The molecule has 2 atom stereocenters. The molecule has 9 nitrogen and oxygen atoms in total. The molecule has 0 heterocycles. The lowest BCUT2D eigenvalue weighted by molar-refractivity contribution is -0.874. The van der Waals surface area contributed by atoms with E-state index < -0.39 is 44.3 Å². The van der Waals surface area contributed by atoms with Crippen LogP contribution < -0.4 is 0 Å². The van der Waals surface area contributed by atoms with Gasteiger partial charge in [0.15, 0.2) is 11.6 Å². The summed E-state index contributed by atoms with van der Waals surface area (Å²) < 4.78 is 22.0. The number of phosphoric ester groups is 1. The molecule has 142 valence electrons. The molecule has 1 unspecified atom stereocenters. The molecule has 0 aliphatic rings. The van der Waals surface area contributed by atoms with Crippen LogP contribution in [0.4, 0.5) is 0 Å². The second-order valence-electron chi connectivity index (χ2n) is 6.52. The van der Waals surface area contributed by atoms with Crippen molar-refractivity contribution in [2.24, 2.45) is 0 Å². The minimum absolute atomic E-state index is 0.0645. The van der Waals surface area contributed by atoms with Crippen LogP contribution in [0.15, 0.2) is 0 Å². The van der Waals surface area contributed by atoms with Crippen molar-refractivity contribution in [3.8, 4) is 0 Å². The van der Waals surface area contributed by atoms with Crippen molar-refractivity contribution in [1.29, 1.82) is 0 Å². The van der Waals surface area contributed by atoms with Gasteiger partial charge < -0.3 is 19.6 Å². The second-order valence-corrected chi connectivity index (χ2v) is 7.90. The second kappa shape index (κ2) is 9.15. The third-order valence-electron chi connectivity index (χ3n) is 3.15. The van der Waals surface area contributed by atoms with Gasteiger partial charge in [0.2, 0.25) is 5.60 Å². The van der Waals surface area contributed by atoms with E-state index in [4.69, 9.17) is 9.63 Å². The Morgan fingerprint density at radius 2 is 1.62 bits per heavy atom. The molecular formula is C14H29NO8P+. The first-order valence-electron chi connectivity index (χ1n) is 7.67. The van der Waals surface area contributed by atoms with E-state index in [0.29, 0.717) is 0 Å². The normalized spacial score (nSPS) is 16.5. The average Bonchev–Trinajstić information content (AvgIpc) is 2.48. The molecule has 0 saturated heterocycles. The van der Waals surface area contributed by atoms with Crippen LogP contribution in [0.1, 0.15) is 26.7 Å². The van der Waals surface area contributed by atoms with Gasteiger partial charge in [0, 0.05) is 12.8 Å². The van der Waals surface area contributed by atoms with E-state index in [1.165, 1.54) is 13.8 Å². The highest BCUT2D eigenvalue weighted by atomic mass is 31.2. The first kappa shape index (κ1) is 23.3. The SMILES string of the molecule is CCC(=O)C(C[N+](C)(C)C)(OP(=O)(O)OC[C@H](O)CO)C(=O)CC. The molecule has 0 aromatic heterocycles. The molecule has 0 rings (SSSR count). The number of carbonyl (C=O) groups excluding carboxylic acids is 2. The van der Waals surface area contributed by atoms with E-state index in [-0.39, 0.29) is 23.9 Å². The molecule has 0 aromatic carbocycles. The maximum Gasteiger partial charge on any atom is 0.473 e. The van der Waals surface area contributed by atoms with E-state index in [1.54, 1.807) is 21.1 Å². The Bertz CT molecular complexity index is 472. The Labute approximate surface area is 142 Å². The highest BCUT2D eigenvalue weighted by molar-refractivity contribution is 7.47. The summed E-state index contributed by atoms with van der Waals surface area (Å²) in [5, 5.41) is 17.9. The van der Waals surface area contributed by atoms with Gasteiger partial charge in [0.1, 0.15) is 12.6 Å². The van der Waals surface area contributed by atoms with Gasteiger partial charge in [-0.1, -0.05) is 13.8 Å². The van der Waals surface area contributed by atoms with Crippen molar-refractivity contribution in [2.45, 2.75) is 38.4 Å². The molecule has 0 fully saturated rings. The third-order valence-corrected chi connectivity index (χ3v) is 4.17. The van der Waals surface area contributed by atoms with Crippen molar-refractivity contribution in [3.63, 3.8) is 0 Å². The van der Waals surface area contributed by atoms with Gasteiger partial charge in [-0.2, -0.15) is 0 Å². The number of quaternary nitrogens is 1. The lowest BCUT2D eigenvalue weighted by Crippen LogP contribution is -2.59. The number of phosphoric acid groups is 1. The van der Waals surface area contributed by atoms with E-state index in [0.717, 1.165) is 0 Å². The molecule has 3 N–H and O–H groups in total. The number of rotatable bonds is 12. The number of likely N-dealkylation sites (N-methyl/N-ethyl adjacent to an activating group) is 1. The standard InChI is InChI=1S/C14H28NO8P/c1-6-12(18)14(13(19)7-2,10-15(3,4)5)23-24(20,21)22-9-11(17)8-16/h11,16-17H,6-10H2,1-5H3/p+1/t11-/m1/s1. The molecule has 24 heavy (non-hydrogen) atoms. The number of Topliss-reactive ketones (excluding diaryl/α,β-unsaturated/α-hetero) is 2. The third kappa shape index (κ3) is 7.06. The molecule has 0 radical (unpaired) electrons. The maximum atomic E-state index is 12.5. The van der Waals surface area contributed by atoms with Crippen molar-refractivity contribution in [1.82, 2.24) is 0 Å². The van der Waals surface area contributed by atoms with E-state index in [9.17, 15) is 24.2 Å². The maximum absolute atomic E-state index is 12.5. The molecule has 0 amide bonds. The summed E-state index contributed by atoms with van der Waals surface area (Å²) in [5.74, 6) is -1.24. The largest absolute Gasteiger partial charge is 0.473 e. The van der Waals surface area contributed by atoms with Crippen molar-refractivity contribution in [3.05, 3.63) is 0 Å². The number of hydrogen-bond donors (Lipinski definition) is 3. The Balaban J connectivity index is 5.71. The number of ketones is 2. The van der Waals surface area contributed by atoms with Crippen LogP contribution in [0.5, 0.6) is 0 Å². The number of hydrogen-bond acceptors (Lipinski definition) is 7. The first-order valence-corrected chi connectivity index (χ1v) is 9.17. The predicted molar refractivity (Wildman–Crippen MR) is 86.2 cm³/mol. The van der Waals surface area contributed by atoms with E-state index >= 15 is 0 Å². The minimum atomic E-state index is -4.82. The Morgan fingerprint density at radius 3 is 1.96 bits per heavy atom. The topological polar surface area (TPSA) is 130 Å². The monoisotopic (exact) mass is 370 g/mol. The molecule has 0 spiro atoms. The van der Waals surface area contributed by atoms with E-state index in [1.807, 2.05) is 0 Å².